The highest BCUT2D eigenvalue weighted by Crippen LogP contribution is 2.32. The van der Waals surface area contributed by atoms with Gasteiger partial charge in [0, 0.05) is 10.5 Å². The Bertz CT molecular complexity index is 1250. The second kappa shape index (κ2) is 11.6. The van der Waals surface area contributed by atoms with Crippen molar-refractivity contribution in [3.05, 3.63) is 45.8 Å². The van der Waals surface area contributed by atoms with Gasteiger partial charge in [-0.3, -0.25) is 9.59 Å². The van der Waals surface area contributed by atoms with Crippen LogP contribution in [0, 0.1) is 11.8 Å². The molecule has 11 nitrogen and oxygen atoms in total. The first-order valence-electron chi connectivity index (χ1n) is 11.1. The lowest BCUT2D eigenvalue weighted by Gasteiger charge is -2.25. The minimum Gasteiger partial charge on any atom is -0.494 e. The molecule has 0 spiro atoms. The van der Waals surface area contributed by atoms with E-state index in [1.807, 2.05) is 0 Å². The molecule has 1 aliphatic carbocycles. The number of ether oxygens (including phenoxy) is 2. The zero-order valence-corrected chi connectivity index (χ0v) is 21.5. The number of rotatable bonds is 9. The smallest absolute Gasteiger partial charge is 0.320 e. The Balaban J connectivity index is 1.34. The molecule has 1 aliphatic rings. The van der Waals surface area contributed by atoms with Gasteiger partial charge in [-0.15, -0.1) is 5.10 Å². The van der Waals surface area contributed by atoms with Crippen LogP contribution in [0.5, 0.6) is 11.6 Å². The Morgan fingerprint density at radius 2 is 1.97 bits per heavy atom. The zero-order valence-electron chi connectivity index (χ0n) is 19.2. The Kier molecular flexibility index (Phi) is 8.26. The average Bonchev–Trinajstić information content (AvgIpc) is 3.34. The number of nitrogens with zero attached hydrogens (tertiary/aromatic N) is 3. The first kappa shape index (κ1) is 25.7. The van der Waals surface area contributed by atoms with Crippen LogP contribution in [0.15, 0.2) is 39.4 Å². The molecule has 3 N–H and O–H groups in total. The summed E-state index contributed by atoms with van der Waals surface area (Å²) >= 11 is 9.50. The molecule has 0 saturated heterocycles. The van der Waals surface area contributed by atoms with Crippen molar-refractivity contribution in [1.29, 1.82) is 0 Å². The predicted molar refractivity (Wildman–Crippen MR) is 134 cm³/mol. The molecule has 0 radical (unpaired) electrons. The lowest BCUT2D eigenvalue weighted by molar-refractivity contribution is -0.143. The van der Waals surface area contributed by atoms with E-state index in [0.29, 0.717) is 47.5 Å². The Hall–Kier alpha value is -3.38. The second-order valence-corrected chi connectivity index (χ2v) is 9.53. The standard InChI is InChI=1S/C23H23BrClN5O6/c1-34-18-9-19(35-11-12-2-4-13(5-3-12)22(32)33)26-10-17(18)27-20(31)21-29-30-23(36-21)28-16-7-6-14(24)8-15(16)25/h6-10,12-13H,2-5,11H2,1H3,(H,27,31)(H,28,30)(H,32,33). The first-order valence-corrected chi connectivity index (χ1v) is 12.3. The molecule has 1 saturated carbocycles. The van der Waals surface area contributed by atoms with Crippen LogP contribution in [0.2, 0.25) is 5.02 Å². The van der Waals surface area contributed by atoms with Crippen LogP contribution in [-0.2, 0) is 4.79 Å². The molecule has 0 unspecified atom stereocenters. The SMILES string of the molecule is COc1cc(OCC2CCC(C(=O)O)CC2)ncc1NC(=O)c1nnc(Nc2ccc(Br)cc2Cl)o1. The maximum Gasteiger partial charge on any atom is 0.320 e. The predicted octanol–water partition coefficient (Wildman–Crippen LogP) is 5.15. The fourth-order valence-electron chi connectivity index (χ4n) is 3.79. The second-order valence-electron chi connectivity index (χ2n) is 8.21. The van der Waals surface area contributed by atoms with Crippen molar-refractivity contribution in [2.45, 2.75) is 25.7 Å². The number of aliphatic carboxylic acids is 1. The van der Waals surface area contributed by atoms with E-state index in [0.717, 1.165) is 17.3 Å². The number of hydrogen-bond donors (Lipinski definition) is 3. The first-order chi connectivity index (χ1) is 17.3. The number of carboxylic acid groups (broad SMARTS) is 1. The third-order valence-corrected chi connectivity index (χ3v) is 6.57. The summed E-state index contributed by atoms with van der Waals surface area (Å²) in [4.78, 5) is 28.0. The van der Waals surface area contributed by atoms with Crippen LogP contribution in [0.3, 0.4) is 0 Å². The summed E-state index contributed by atoms with van der Waals surface area (Å²) in [6.45, 7) is 0.425. The summed E-state index contributed by atoms with van der Waals surface area (Å²) in [6, 6.07) is 6.77. The van der Waals surface area contributed by atoms with Crippen LogP contribution in [-0.4, -0.2) is 45.9 Å². The molecular weight excluding hydrogens is 558 g/mol. The van der Waals surface area contributed by atoms with E-state index in [1.165, 1.54) is 13.3 Å². The lowest BCUT2D eigenvalue weighted by atomic mass is 9.82. The van der Waals surface area contributed by atoms with E-state index >= 15 is 0 Å². The van der Waals surface area contributed by atoms with Gasteiger partial charge in [-0.1, -0.05) is 32.6 Å². The highest BCUT2D eigenvalue weighted by molar-refractivity contribution is 9.10. The quantitative estimate of drug-likeness (QED) is 0.310. The summed E-state index contributed by atoms with van der Waals surface area (Å²) < 4.78 is 17.4. The summed E-state index contributed by atoms with van der Waals surface area (Å²) in [5.74, 6) is -0.998. The summed E-state index contributed by atoms with van der Waals surface area (Å²) in [7, 11) is 1.46. The van der Waals surface area contributed by atoms with Gasteiger partial charge in [0.05, 0.1) is 36.5 Å². The topological polar surface area (TPSA) is 149 Å². The van der Waals surface area contributed by atoms with Crippen molar-refractivity contribution in [2.24, 2.45) is 11.8 Å². The maximum absolute atomic E-state index is 12.6. The number of hydrogen-bond acceptors (Lipinski definition) is 9. The van der Waals surface area contributed by atoms with Gasteiger partial charge in [-0.25, -0.2) is 4.98 Å². The number of halogens is 2. The lowest BCUT2D eigenvalue weighted by Crippen LogP contribution is -2.24. The van der Waals surface area contributed by atoms with Crippen LogP contribution >= 0.6 is 27.5 Å². The largest absolute Gasteiger partial charge is 0.494 e. The van der Waals surface area contributed by atoms with Crippen LogP contribution in [0.25, 0.3) is 0 Å². The van der Waals surface area contributed by atoms with Gasteiger partial charge in [0.25, 0.3) is 0 Å². The minimum absolute atomic E-state index is 0.00408. The van der Waals surface area contributed by atoms with Gasteiger partial charge in [0.2, 0.25) is 5.88 Å². The fourth-order valence-corrected chi connectivity index (χ4v) is 4.51. The maximum atomic E-state index is 12.6. The van der Waals surface area contributed by atoms with Crippen LogP contribution in [0.1, 0.15) is 36.4 Å². The molecule has 0 atom stereocenters. The van der Waals surface area contributed by atoms with E-state index in [1.54, 1.807) is 24.3 Å². The van der Waals surface area contributed by atoms with Gasteiger partial charge in [-0.2, -0.15) is 0 Å². The molecule has 0 aliphatic heterocycles. The van der Waals surface area contributed by atoms with E-state index in [-0.39, 0.29) is 23.7 Å². The summed E-state index contributed by atoms with van der Waals surface area (Å²) in [6.07, 6.45) is 4.28. The van der Waals surface area contributed by atoms with Crippen molar-refractivity contribution in [2.75, 3.05) is 24.4 Å². The number of carbonyl (C=O) groups excluding carboxylic acids is 1. The molecule has 1 fully saturated rings. The molecule has 4 rings (SSSR count). The molecule has 190 valence electrons. The van der Waals surface area contributed by atoms with Gasteiger partial charge in [0.15, 0.2) is 0 Å². The molecule has 1 amide bonds. The third kappa shape index (κ3) is 6.43. The number of nitrogens with one attached hydrogen (secondary N) is 2. The van der Waals surface area contributed by atoms with Gasteiger partial charge in [0.1, 0.15) is 11.4 Å². The number of aromatic nitrogens is 3. The van der Waals surface area contributed by atoms with Crippen molar-refractivity contribution in [1.82, 2.24) is 15.2 Å². The van der Waals surface area contributed by atoms with Crippen molar-refractivity contribution in [3.63, 3.8) is 0 Å². The van der Waals surface area contributed by atoms with E-state index in [2.05, 4.69) is 41.7 Å². The molecule has 3 aromatic rings. The molecule has 2 heterocycles. The Morgan fingerprint density at radius 3 is 2.67 bits per heavy atom. The minimum atomic E-state index is -0.736. The van der Waals surface area contributed by atoms with Crippen molar-refractivity contribution >= 4 is 56.8 Å². The number of amides is 1. The highest BCUT2D eigenvalue weighted by atomic mass is 79.9. The Morgan fingerprint density at radius 1 is 1.19 bits per heavy atom. The van der Waals surface area contributed by atoms with Crippen molar-refractivity contribution < 1.29 is 28.6 Å². The summed E-state index contributed by atoms with van der Waals surface area (Å²) in [5, 5.41) is 22.6. The molecule has 0 bridgehead atoms. The normalized spacial score (nSPS) is 17.3. The highest BCUT2D eigenvalue weighted by Gasteiger charge is 2.26. The number of pyridine rings is 1. The van der Waals surface area contributed by atoms with Gasteiger partial charge < -0.3 is 29.6 Å². The molecular formula is C23H23BrClN5O6. The van der Waals surface area contributed by atoms with E-state index < -0.39 is 11.9 Å². The number of benzene rings is 1. The molecule has 1 aromatic carbocycles. The van der Waals surface area contributed by atoms with Crippen LogP contribution in [0.4, 0.5) is 17.4 Å². The van der Waals surface area contributed by atoms with Gasteiger partial charge in [-0.05, 0) is 49.8 Å². The monoisotopic (exact) mass is 579 g/mol. The number of methoxy groups -OCH3 is 1. The number of carboxylic acids is 1. The molecule has 2 aromatic heterocycles. The molecule has 36 heavy (non-hydrogen) atoms. The number of anilines is 3. The zero-order chi connectivity index (χ0) is 25.7. The summed E-state index contributed by atoms with van der Waals surface area (Å²) in [5.41, 5.74) is 0.826. The fraction of sp³-hybridized carbons (Fsp3) is 0.348. The van der Waals surface area contributed by atoms with E-state index in [9.17, 15) is 9.59 Å². The van der Waals surface area contributed by atoms with Crippen molar-refractivity contribution in [3.8, 4) is 11.6 Å². The molecule has 13 heteroatoms. The average molecular weight is 581 g/mol. The van der Waals surface area contributed by atoms with E-state index in [4.69, 9.17) is 30.6 Å². The number of carbonyl (C=O) groups is 2. The van der Waals surface area contributed by atoms with Crippen LogP contribution < -0.4 is 20.1 Å². The van der Waals surface area contributed by atoms with Gasteiger partial charge >= 0.3 is 23.8 Å². The third-order valence-electron chi connectivity index (χ3n) is 5.76. The Labute approximate surface area is 219 Å².